The summed E-state index contributed by atoms with van der Waals surface area (Å²) in [6.07, 6.45) is 6.18. The molecule has 1 rings (SSSR count). The number of ether oxygens (including phenoxy) is 1. The van der Waals surface area contributed by atoms with Crippen molar-refractivity contribution in [2.75, 3.05) is 7.11 Å². The lowest BCUT2D eigenvalue weighted by Crippen LogP contribution is -2.28. The summed E-state index contributed by atoms with van der Waals surface area (Å²) in [5.41, 5.74) is 1.06. The lowest BCUT2D eigenvalue weighted by molar-refractivity contribution is 0.397. The van der Waals surface area contributed by atoms with Crippen LogP contribution in [0.5, 0.6) is 5.75 Å². The summed E-state index contributed by atoms with van der Waals surface area (Å²) in [6, 6.07) is 6.38. The monoisotopic (exact) mass is 283 g/mol. The van der Waals surface area contributed by atoms with Gasteiger partial charge in [-0.25, -0.2) is 0 Å². The third-order valence-corrected chi connectivity index (χ3v) is 3.76. The minimum absolute atomic E-state index is 0.575. The van der Waals surface area contributed by atoms with E-state index in [1.165, 1.54) is 32.1 Å². The van der Waals surface area contributed by atoms with E-state index in [4.69, 9.17) is 16.3 Å². The molecule has 0 fully saturated rings. The van der Waals surface area contributed by atoms with Gasteiger partial charge < -0.3 is 10.1 Å². The molecule has 1 N–H and O–H groups in total. The second kappa shape index (κ2) is 9.22. The summed E-state index contributed by atoms with van der Waals surface area (Å²) in [7, 11) is 1.69. The number of unbranched alkanes of at least 4 members (excludes halogenated alkanes) is 1. The van der Waals surface area contributed by atoms with Crippen molar-refractivity contribution in [3.05, 3.63) is 28.8 Å². The second-order valence-electron chi connectivity index (χ2n) is 4.93. The van der Waals surface area contributed by atoms with Gasteiger partial charge in [0.1, 0.15) is 5.75 Å². The van der Waals surface area contributed by atoms with Gasteiger partial charge in [-0.1, -0.05) is 50.8 Å². The van der Waals surface area contributed by atoms with Crippen molar-refractivity contribution < 1.29 is 4.74 Å². The zero-order valence-electron chi connectivity index (χ0n) is 12.3. The predicted octanol–water partition coefficient (Wildman–Crippen LogP) is 4.80. The molecule has 0 aliphatic heterocycles. The second-order valence-corrected chi connectivity index (χ2v) is 5.34. The van der Waals surface area contributed by atoms with Crippen molar-refractivity contribution in [2.24, 2.45) is 0 Å². The molecule has 0 heterocycles. The van der Waals surface area contributed by atoms with Crippen LogP contribution in [0.4, 0.5) is 0 Å². The van der Waals surface area contributed by atoms with Gasteiger partial charge in [-0.15, -0.1) is 0 Å². The van der Waals surface area contributed by atoms with Crippen molar-refractivity contribution in [2.45, 2.75) is 58.5 Å². The summed E-state index contributed by atoms with van der Waals surface area (Å²) in [4.78, 5) is 0. The van der Waals surface area contributed by atoms with E-state index in [2.05, 4.69) is 19.2 Å². The minimum Gasteiger partial charge on any atom is -0.496 e. The molecule has 0 radical (unpaired) electrons. The molecule has 0 spiro atoms. The summed E-state index contributed by atoms with van der Waals surface area (Å²) in [5.74, 6) is 0.866. The normalized spacial score (nSPS) is 12.4. The van der Waals surface area contributed by atoms with Crippen LogP contribution in [-0.4, -0.2) is 13.2 Å². The fraction of sp³-hybridized carbons (Fsp3) is 0.625. The highest BCUT2D eigenvalue weighted by atomic mass is 35.5. The van der Waals surface area contributed by atoms with E-state index in [0.717, 1.165) is 22.9 Å². The van der Waals surface area contributed by atoms with Crippen LogP contribution < -0.4 is 10.1 Å². The Morgan fingerprint density at radius 1 is 1.21 bits per heavy atom. The highest BCUT2D eigenvalue weighted by molar-refractivity contribution is 6.31. The summed E-state index contributed by atoms with van der Waals surface area (Å²) in [5, 5.41) is 4.40. The zero-order valence-corrected chi connectivity index (χ0v) is 13.1. The van der Waals surface area contributed by atoms with Crippen LogP contribution in [0, 0.1) is 0 Å². The van der Waals surface area contributed by atoms with E-state index >= 15 is 0 Å². The SMILES string of the molecule is CCCCC(CCC)NCc1c(Cl)cccc1OC. The first-order chi connectivity index (χ1) is 9.22. The number of halogens is 1. The third-order valence-electron chi connectivity index (χ3n) is 3.41. The number of rotatable bonds is 9. The van der Waals surface area contributed by atoms with E-state index < -0.39 is 0 Å². The lowest BCUT2D eigenvalue weighted by atomic mass is 10.0. The molecule has 2 nitrogen and oxygen atoms in total. The molecule has 0 aliphatic rings. The van der Waals surface area contributed by atoms with Gasteiger partial charge in [-0.05, 0) is 25.0 Å². The fourth-order valence-corrected chi connectivity index (χ4v) is 2.53. The molecule has 108 valence electrons. The van der Waals surface area contributed by atoms with E-state index in [-0.39, 0.29) is 0 Å². The van der Waals surface area contributed by atoms with Crippen molar-refractivity contribution in [1.82, 2.24) is 5.32 Å². The summed E-state index contributed by atoms with van der Waals surface area (Å²) < 4.78 is 5.38. The number of hydrogen-bond acceptors (Lipinski definition) is 2. The maximum absolute atomic E-state index is 6.25. The van der Waals surface area contributed by atoms with Gasteiger partial charge in [0.05, 0.1) is 7.11 Å². The molecule has 0 amide bonds. The summed E-state index contributed by atoms with van der Waals surface area (Å²) in [6.45, 7) is 5.24. The number of methoxy groups -OCH3 is 1. The fourth-order valence-electron chi connectivity index (χ4n) is 2.30. The van der Waals surface area contributed by atoms with E-state index in [1.807, 2.05) is 18.2 Å². The Labute approximate surface area is 122 Å². The molecule has 0 bridgehead atoms. The predicted molar refractivity (Wildman–Crippen MR) is 83.1 cm³/mol. The van der Waals surface area contributed by atoms with Gasteiger partial charge in [-0.3, -0.25) is 0 Å². The van der Waals surface area contributed by atoms with Crippen molar-refractivity contribution in [3.63, 3.8) is 0 Å². The standard InChI is InChI=1S/C16H26ClNO/c1-4-6-9-13(8-5-2)18-12-14-15(17)10-7-11-16(14)19-3/h7,10-11,13,18H,4-6,8-9,12H2,1-3H3. The molecule has 1 aromatic rings. The van der Waals surface area contributed by atoms with Gasteiger partial charge in [0.25, 0.3) is 0 Å². The van der Waals surface area contributed by atoms with E-state index in [1.54, 1.807) is 7.11 Å². The quantitative estimate of drug-likeness (QED) is 0.703. The molecular weight excluding hydrogens is 258 g/mol. The zero-order chi connectivity index (χ0) is 14.1. The number of hydrogen-bond donors (Lipinski definition) is 1. The first-order valence-corrected chi connectivity index (χ1v) is 7.65. The Morgan fingerprint density at radius 2 is 2.00 bits per heavy atom. The van der Waals surface area contributed by atoms with Gasteiger partial charge in [-0.2, -0.15) is 0 Å². The van der Waals surface area contributed by atoms with Crippen LogP contribution in [0.1, 0.15) is 51.5 Å². The molecule has 0 aliphatic carbocycles. The van der Waals surface area contributed by atoms with Crippen molar-refractivity contribution in [1.29, 1.82) is 0 Å². The molecule has 0 saturated heterocycles. The Kier molecular flexibility index (Phi) is 7.92. The van der Waals surface area contributed by atoms with Crippen LogP contribution in [0.3, 0.4) is 0 Å². The minimum atomic E-state index is 0.575. The largest absolute Gasteiger partial charge is 0.496 e. The average molecular weight is 284 g/mol. The smallest absolute Gasteiger partial charge is 0.124 e. The van der Waals surface area contributed by atoms with Crippen LogP contribution in [-0.2, 0) is 6.54 Å². The summed E-state index contributed by atoms with van der Waals surface area (Å²) >= 11 is 6.25. The van der Waals surface area contributed by atoms with Gasteiger partial charge >= 0.3 is 0 Å². The van der Waals surface area contributed by atoms with Crippen LogP contribution >= 0.6 is 11.6 Å². The average Bonchev–Trinajstić information content (AvgIpc) is 2.42. The van der Waals surface area contributed by atoms with Crippen molar-refractivity contribution >= 4 is 11.6 Å². The molecule has 1 aromatic carbocycles. The van der Waals surface area contributed by atoms with E-state index in [0.29, 0.717) is 6.04 Å². The molecular formula is C16H26ClNO. The maximum atomic E-state index is 6.25. The highest BCUT2D eigenvalue weighted by Gasteiger charge is 2.11. The molecule has 1 unspecified atom stereocenters. The molecule has 3 heteroatoms. The van der Waals surface area contributed by atoms with Gasteiger partial charge in [0.2, 0.25) is 0 Å². The Hall–Kier alpha value is -0.730. The van der Waals surface area contributed by atoms with Crippen molar-refractivity contribution in [3.8, 4) is 5.75 Å². The maximum Gasteiger partial charge on any atom is 0.124 e. The first-order valence-electron chi connectivity index (χ1n) is 7.27. The molecule has 1 atom stereocenters. The van der Waals surface area contributed by atoms with Crippen LogP contribution in [0.2, 0.25) is 5.02 Å². The molecule has 0 saturated carbocycles. The van der Waals surface area contributed by atoms with Crippen LogP contribution in [0.25, 0.3) is 0 Å². The molecule has 0 aromatic heterocycles. The lowest BCUT2D eigenvalue weighted by Gasteiger charge is -2.19. The van der Waals surface area contributed by atoms with Gasteiger partial charge in [0.15, 0.2) is 0 Å². The Balaban J connectivity index is 2.62. The topological polar surface area (TPSA) is 21.3 Å². The third kappa shape index (κ3) is 5.42. The highest BCUT2D eigenvalue weighted by Crippen LogP contribution is 2.26. The Morgan fingerprint density at radius 3 is 2.63 bits per heavy atom. The molecule has 19 heavy (non-hydrogen) atoms. The number of benzene rings is 1. The van der Waals surface area contributed by atoms with Gasteiger partial charge in [0, 0.05) is 23.2 Å². The van der Waals surface area contributed by atoms with E-state index in [9.17, 15) is 0 Å². The number of nitrogens with one attached hydrogen (secondary N) is 1. The first kappa shape index (κ1) is 16.3. The Bertz CT molecular complexity index is 368. The van der Waals surface area contributed by atoms with Crippen LogP contribution in [0.15, 0.2) is 18.2 Å².